The topological polar surface area (TPSA) is 84.5 Å². The van der Waals surface area contributed by atoms with Crippen LogP contribution >= 0.6 is 23.4 Å². The lowest BCUT2D eigenvalue weighted by molar-refractivity contribution is -0.150. The third-order valence-corrected chi connectivity index (χ3v) is 4.68. The van der Waals surface area contributed by atoms with E-state index < -0.39 is 17.9 Å². The normalized spacial score (nSPS) is 11.7. The van der Waals surface area contributed by atoms with E-state index in [0.717, 1.165) is 6.42 Å². The van der Waals surface area contributed by atoms with Crippen LogP contribution in [0.25, 0.3) is 0 Å². The van der Waals surface area contributed by atoms with Crippen LogP contribution in [0.5, 0.6) is 0 Å². The SMILES string of the molecule is CSCCC(NC(=O)c1ccccc1Cl)C(=O)OCC(=O)NCCC(C)C. The van der Waals surface area contributed by atoms with Crippen LogP contribution in [0.2, 0.25) is 5.02 Å². The van der Waals surface area contributed by atoms with Crippen LogP contribution in [0.3, 0.4) is 0 Å². The molecule has 0 saturated carbocycles. The van der Waals surface area contributed by atoms with Gasteiger partial charge in [-0.3, -0.25) is 9.59 Å². The summed E-state index contributed by atoms with van der Waals surface area (Å²) in [5.41, 5.74) is 0.285. The zero-order valence-electron chi connectivity index (χ0n) is 15.9. The fraction of sp³-hybridized carbons (Fsp3) is 0.526. The molecule has 6 nitrogen and oxygen atoms in total. The Labute approximate surface area is 169 Å². The standard InChI is InChI=1S/C19H27ClN2O4S/c1-13(2)8-10-21-17(23)12-26-19(25)16(9-11-27-3)22-18(24)14-6-4-5-7-15(14)20/h4-7,13,16H,8-12H2,1-3H3,(H,21,23)(H,22,24). The Morgan fingerprint density at radius 2 is 1.89 bits per heavy atom. The van der Waals surface area contributed by atoms with Crippen LogP contribution in [0.1, 0.15) is 37.0 Å². The molecule has 1 unspecified atom stereocenters. The monoisotopic (exact) mass is 414 g/mol. The number of ether oxygens (including phenoxy) is 1. The van der Waals surface area contributed by atoms with Crippen molar-refractivity contribution in [2.45, 2.75) is 32.7 Å². The summed E-state index contributed by atoms with van der Waals surface area (Å²) in [6.07, 6.45) is 3.15. The minimum absolute atomic E-state index is 0.285. The second-order valence-corrected chi connectivity index (χ2v) is 7.82. The molecule has 0 aliphatic carbocycles. The van der Waals surface area contributed by atoms with Gasteiger partial charge in [0.25, 0.3) is 11.8 Å². The first-order valence-corrected chi connectivity index (χ1v) is 10.6. The number of amides is 2. The van der Waals surface area contributed by atoms with E-state index in [1.807, 2.05) is 6.26 Å². The van der Waals surface area contributed by atoms with Gasteiger partial charge in [0.2, 0.25) is 0 Å². The molecule has 0 aliphatic rings. The molecule has 0 radical (unpaired) electrons. The molecule has 8 heteroatoms. The van der Waals surface area contributed by atoms with Gasteiger partial charge in [0, 0.05) is 6.54 Å². The number of benzene rings is 1. The summed E-state index contributed by atoms with van der Waals surface area (Å²) in [5, 5.41) is 5.65. The van der Waals surface area contributed by atoms with Crippen molar-refractivity contribution in [1.82, 2.24) is 10.6 Å². The molecule has 0 saturated heterocycles. The lowest BCUT2D eigenvalue weighted by Crippen LogP contribution is -2.43. The summed E-state index contributed by atoms with van der Waals surface area (Å²) in [4.78, 5) is 36.5. The molecular formula is C19H27ClN2O4S. The Kier molecular flexibility index (Phi) is 10.9. The second-order valence-electron chi connectivity index (χ2n) is 6.43. The van der Waals surface area contributed by atoms with Crippen molar-refractivity contribution in [2.24, 2.45) is 5.92 Å². The maximum absolute atomic E-state index is 12.4. The number of rotatable bonds is 11. The van der Waals surface area contributed by atoms with E-state index in [1.165, 1.54) is 0 Å². The van der Waals surface area contributed by atoms with E-state index >= 15 is 0 Å². The molecule has 27 heavy (non-hydrogen) atoms. The number of thioether (sulfide) groups is 1. The minimum Gasteiger partial charge on any atom is -0.454 e. The van der Waals surface area contributed by atoms with Gasteiger partial charge in [0.15, 0.2) is 6.61 Å². The molecule has 1 aromatic rings. The van der Waals surface area contributed by atoms with E-state index in [9.17, 15) is 14.4 Å². The number of hydrogen-bond acceptors (Lipinski definition) is 5. The fourth-order valence-electron chi connectivity index (χ4n) is 2.15. The first-order valence-electron chi connectivity index (χ1n) is 8.82. The van der Waals surface area contributed by atoms with Crippen molar-refractivity contribution in [3.8, 4) is 0 Å². The van der Waals surface area contributed by atoms with E-state index in [-0.39, 0.29) is 18.1 Å². The average Bonchev–Trinajstić information content (AvgIpc) is 2.63. The Balaban J connectivity index is 2.59. The molecule has 0 heterocycles. The van der Waals surface area contributed by atoms with Crippen molar-refractivity contribution >= 4 is 41.1 Å². The van der Waals surface area contributed by atoms with E-state index in [4.69, 9.17) is 16.3 Å². The number of carbonyl (C=O) groups excluding carboxylic acids is 3. The highest BCUT2D eigenvalue weighted by Gasteiger charge is 2.24. The predicted octanol–water partition coefficient (Wildman–Crippen LogP) is 2.90. The van der Waals surface area contributed by atoms with Crippen LogP contribution in [-0.2, 0) is 14.3 Å². The predicted molar refractivity (Wildman–Crippen MR) is 109 cm³/mol. The smallest absolute Gasteiger partial charge is 0.329 e. The van der Waals surface area contributed by atoms with Crippen LogP contribution in [0.15, 0.2) is 24.3 Å². The third-order valence-electron chi connectivity index (χ3n) is 3.71. The second kappa shape index (κ2) is 12.6. The molecule has 0 spiro atoms. The maximum Gasteiger partial charge on any atom is 0.329 e. The zero-order valence-corrected chi connectivity index (χ0v) is 17.5. The first-order chi connectivity index (χ1) is 12.8. The van der Waals surface area contributed by atoms with E-state index in [2.05, 4.69) is 24.5 Å². The van der Waals surface area contributed by atoms with Gasteiger partial charge in [0.1, 0.15) is 6.04 Å². The lowest BCUT2D eigenvalue weighted by atomic mass is 10.1. The Morgan fingerprint density at radius 1 is 1.19 bits per heavy atom. The molecule has 2 amide bonds. The molecule has 1 rings (SSSR count). The van der Waals surface area contributed by atoms with Gasteiger partial charge in [-0.25, -0.2) is 4.79 Å². The molecule has 1 aromatic carbocycles. The number of carbonyl (C=O) groups is 3. The van der Waals surface area contributed by atoms with Crippen molar-refractivity contribution in [2.75, 3.05) is 25.2 Å². The number of hydrogen-bond donors (Lipinski definition) is 2. The van der Waals surface area contributed by atoms with Gasteiger partial charge in [0.05, 0.1) is 10.6 Å². The average molecular weight is 415 g/mol. The van der Waals surface area contributed by atoms with Gasteiger partial charge in [-0.1, -0.05) is 37.6 Å². The summed E-state index contributed by atoms with van der Waals surface area (Å²) < 4.78 is 5.08. The van der Waals surface area contributed by atoms with Gasteiger partial charge in [-0.05, 0) is 42.9 Å². The molecule has 0 aromatic heterocycles. The van der Waals surface area contributed by atoms with Crippen LogP contribution < -0.4 is 10.6 Å². The number of nitrogens with one attached hydrogen (secondary N) is 2. The Bertz CT molecular complexity index is 640. The molecule has 1 atom stereocenters. The largest absolute Gasteiger partial charge is 0.454 e. The molecule has 150 valence electrons. The molecule has 0 fully saturated rings. The summed E-state index contributed by atoms with van der Waals surface area (Å²) in [6.45, 7) is 4.29. The van der Waals surface area contributed by atoms with Crippen LogP contribution in [0, 0.1) is 5.92 Å². The van der Waals surface area contributed by atoms with Crippen molar-refractivity contribution in [3.63, 3.8) is 0 Å². The molecule has 0 aliphatic heterocycles. The molecule has 2 N–H and O–H groups in total. The highest BCUT2D eigenvalue weighted by molar-refractivity contribution is 7.98. The first kappa shape index (κ1) is 23.3. The third kappa shape index (κ3) is 9.15. The summed E-state index contributed by atoms with van der Waals surface area (Å²) in [6, 6.07) is 5.75. The highest BCUT2D eigenvalue weighted by atomic mass is 35.5. The van der Waals surface area contributed by atoms with Crippen molar-refractivity contribution < 1.29 is 19.1 Å². The molecular weight excluding hydrogens is 388 g/mol. The van der Waals surface area contributed by atoms with Gasteiger partial charge >= 0.3 is 5.97 Å². The van der Waals surface area contributed by atoms with Crippen molar-refractivity contribution in [3.05, 3.63) is 34.9 Å². The summed E-state index contributed by atoms with van der Waals surface area (Å²) in [5.74, 6) is -0.314. The zero-order chi connectivity index (χ0) is 20.2. The van der Waals surface area contributed by atoms with E-state index in [1.54, 1.807) is 36.0 Å². The molecule has 0 bridgehead atoms. The minimum atomic E-state index is -0.843. The number of halogens is 1. The van der Waals surface area contributed by atoms with E-state index in [0.29, 0.717) is 29.7 Å². The van der Waals surface area contributed by atoms with Crippen molar-refractivity contribution in [1.29, 1.82) is 0 Å². The van der Waals surface area contributed by atoms with Gasteiger partial charge < -0.3 is 15.4 Å². The highest BCUT2D eigenvalue weighted by Crippen LogP contribution is 2.15. The lowest BCUT2D eigenvalue weighted by Gasteiger charge is -2.17. The van der Waals surface area contributed by atoms with Crippen LogP contribution in [-0.4, -0.2) is 49.0 Å². The summed E-state index contributed by atoms with van der Waals surface area (Å²) in [7, 11) is 0. The summed E-state index contributed by atoms with van der Waals surface area (Å²) >= 11 is 7.57. The van der Waals surface area contributed by atoms with Crippen LogP contribution in [0.4, 0.5) is 0 Å². The van der Waals surface area contributed by atoms with Gasteiger partial charge in [-0.15, -0.1) is 0 Å². The quantitative estimate of drug-likeness (QED) is 0.544. The Hall–Kier alpha value is -1.73. The fourth-order valence-corrected chi connectivity index (χ4v) is 2.85. The van der Waals surface area contributed by atoms with Gasteiger partial charge in [-0.2, -0.15) is 11.8 Å². The Morgan fingerprint density at radius 3 is 2.52 bits per heavy atom. The maximum atomic E-state index is 12.4. The number of esters is 1.